The summed E-state index contributed by atoms with van der Waals surface area (Å²) in [4.78, 5) is 24.6. The zero-order valence-electron chi connectivity index (χ0n) is 9.37. The third kappa shape index (κ3) is 5.31. The molecule has 0 aliphatic carbocycles. The summed E-state index contributed by atoms with van der Waals surface area (Å²) in [5.74, 6) is -1.72. The Morgan fingerprint density at radius 1 is 1.39 bits per heavy atom. The Morgan fingerprint density at radius 3 is 2.61 bits per heavy atom. The topological polar surface area (TPSA) is 114 Å². The molecule has 6 nitrogen and oxygen atoms in total. The zero-order chi connectivity index (χ0) is 12.8. The number of anilines is 1. The van der Waals surface area contributed by atoms with Crippen LogP contribution in [0.15, 0.2) is 18.3 Å². The van der Waals surface area contributed by atoms with Gasteiger partial charge < -0.3 is 15.9 Å². The number of pyridine rings is 1. The monoisotopic (exact) mass is 272 g/mol. The van der Waals surface area contributed by atoms with E-state index in [-0.39, 0.29) is 31.1 Å². The van der Waals surface area contributed by atoms with Crippen LogP contribution in [0.1, 0.15) is 17.5 Å². The lowest BCUT2D eigenvalue weighted by Crippen LogP contribution is -2.02. The average Bonchev–Trinajstić information content (AvgIpc) is 2.26. The molecule has 0 aromatic carbocycles. The lowest BCUT2D eigenvalue weighted by atomic mass is 10.1. The van der Waals surface area contributed by atoms with Gasteiger partial charge in [-0.15, -0.1) is 12.4 Å². The first-order chi connectivity index (χ1) is 7.99. The van der Waals surface area contributed by atoms with Gasteiger partial charge in [-0.3, -0.25) is 4.79 Å². The number of carbonyl (C=O) groups is 2. The fourth-order valence-electron chi connectivity index (χ4n) is 1.24. The molecule has 0 amide bonds. The number of carboxylic acids is 2. The molecule has 0 saturated heterocycles. The molecule has 1 heterocycles. The number of nitrogen functional groups attached to an aromatic ring is 1. The van der Waals surface area contributed by atoms with Crippen LogP contribution in [-0.4, -0.2) is 27.1 Å². The van der Waals surface area contributed by atoms with Gasteiger partial charge in [-0.1, -0.05) is 0 Å². The van der Waals surface area contributed by atoms with Crippen molar-refractivity contribution in [3.8, 4) is 0 Å². The van der Waals surface area contributed by atoms with Gasteiger partial charge in [0, 0.05) is 18.7 Å². The molecule has 1 aromatic heterocycles. The number of carboxylic acid groups (broad SMARTS) is 2. The van der Waals surface area contributed by atoms with Crippen molar-refractivity contribution in [2.75, 3.05) is 5.73 Å². The normalized spacial score (nSPS) is 10.0. The second-order valence-corrected chi connectivity index (χ2v) is 3.38. The molecule has 0 atom stereocenters. The van der Waals surface area contributed by atoms with Crippen LogP contribution < -0.4 is 5.73 Å². The molecule has 0 aliphatic rings. The lowest BCUT2D eigenvalue weighted by molar-refractivity contribution is -0.137. The number of nitrogens with zero attached hydrogens (tertiary/aromatic N) is 1. The second kappa shape index (κ2) is 7.29. The first-order valence-corrected chi connectivity index (χ1v) is 4.86. The maximum Gasteiger partial charge on any atom is 0.328 e. The predicted octanol–water partition coefficient (Wildman–Crippen LogP) is 1.20. The fourth-order valence-corrected chi connectivity index (χ4v) is 1.24. The molecule has 0 spiro atoms. The van der Waals surface area contributed by atoms with Crippen LogP contribution in [0.2, 0.25) is 0 Å². The number of rotatable bonds is 5. The molecule has 0 saturated carbocycles. The van der Waals surface area contributed by atoms with Crippen LogP contribution in [0.3, 0.4) is 0 Å². The number of aryl methyl sites for hydroxylation is 1. The molecule has 0 aliphatic heterocycles. The summed E-state index contributed by atoms with van der Waals surface area (Å²) in [6.07, 6.45) is 4.01. The van der Waals surface area contributed by atoms with Crippen LogP contribution in [-0.2, 0) is 16.0 Å². The molecule has 4 N–H and O–H groups in total. The van der Waals surface area contributed by atoms with Crippen molar-refractivity contribution in [2.45, 2.75) is 12.8 Å². The van der Waals surface area contributed by atoms with Gasteiger partial charge in [-0.25, -0.2) is 9.78 Å². The van der Waals surface area contributed by atoms with Crippen molar-refractivity contribution >= 4 is 36.2 Å². The van der Waals surface area contributed by atoms with Crippen molar-refractivity contribution in [2.24, 2.45) is 0 Å². The average molecular weight is 273 g/mol. The van der Waals surface area contributed by atoms with Crippen LogP contribution in [0, 0.1) is 0 Å². The zero-order valence-corrected chi connectivity index (χ0v) is 10.2. The van der Waals surface area contributed by atoms with Crippen LogP contribution >= 0.6 is 12.4 Å². The van der Waals surface area contributed by atoms with E-state index in [1.54, 1.807) is 6.07 Å². The third-order valence-corrected chi connectivity index (χ3v) is 2.05. The summed E-state index contributed by atoms with van der Waals surface area (Å²) in [5, 5.41) is 17.0. The number of hydrogen-bond acceptors (Lipinski definition) is 4. The van der Waals surface area contributed by atoms with Gasteiger partial charge in [0.05, 0.1) is 0 Å². The van der Waals surface area contributed by atoms with E-state index in [0.717, 1.165) is 6.08 Å². The standard InChI is InChI=1S/C11H12N2O4.ClH/c12-11-8(2-4-10(16)17)5-7(6-13-11)1-3-9(14)15;/h1,3,5-6H,2,4H2,(H2,12,13)(H,14,15)(H,16,17);1H. The summed E-state index contributed by atoms with van der Waals surface area (Å²) in [6.45, 7) is 0. The van der Waals surface area contributed by atoms with Crippen molar-refractivity contribution in [3.63, 3.8) is 0 Å². The molecule has 98 valence electrons. The second-order valence-electron chi connectivity index (χ2n) is 3.38. The molecular weight excluding hydrogens is 260 g/mol. The Morgan fingerprint density at radius 2 is 2.06 bits per heavy atom. The molecule has 0 fully saturated rings. The van der Waals surface area contributed by atoms with Crippen molar-refractivity contribution in [1.29, 1.82) is 0 Å². The molecule has 7 heteroatoms. The van der Waals surface area contributed by atoms with Gasteiger partial charge >= 0.3 is 11.9 Å². The van der Waals surface area contributed by atoms with Crippen LogP contribution in [0.4, 0.5) is 5.82 Å². The third-order valence-electron chi connectivity index (χ3n) is 2.05. The van der Waals surface area contributed by atoms with E-state index in [1.165, 1.54) is 12.3 Å². The minimum atomic E-state index is -1.06. The van der Waals surface area contributed by atoms with E-state index < -0.39 is 11.9 Å². The molecule has 1 rings (SSSR count). The molecule has 1 aromatic rings. The Bertz CT molecular complexity index is 474. The minimum absolute atomic E-state index is 0. The molecular formula is C11H13ClN2O4. The summed E-state index contributed by atoms with van der Waals surface area (Å²) in [6, 6.07) is 1.63. The molecule has 0 radical (unpaired) electrons. The van der Waals surface area contributed by atoms with Gasteiger partial charge in [0.2, 0.25) is 0 Å². The first kappa shape index (κ1) is 15.9. The lowest BCUT2D eigenvalue weighted by Gasteiger charge is -2.04. The minimum Gasteiger partial charge on any atom is -0.481 e. The number of aliphatic carboxylic acids is 2. The van der Waals surface area contributed by atoms with E-state index >= 15 is 0 Å². The van der Waals surface area contributed by atoms with Crippen molar-refractivity contribution in [3.05, 3.63) is 29.5 Å². The van der Waals surface area contributed by atoms with Gasteiger partial charge in [0.25, 0.3) is 0 Å². The van der Waals surface area contributed by atoms with E-state index in [4.69, 9.17) is 15.9 Å². The smallest absolute Gasteiger partial charge is 0.328 e. The highest BCUT2D eigenvalue weighted by molar-refractivity contribution is 5.85. The Hall–Kier alpha value is -2.08. The molecule has 18 heavy (non-hydrogen) atoms. The summed E-state index contributed by atoms with van der Waals surface area (Å²) in [5.41, 5.74) is 6.76. The molecule has 0 unspecified atom stereocenters. The fraction of sp³-hybridized carbons (Fsp3) is 0.182. The highest BCUT2D eigenvalue weighted by Gasteiger charge is 2.04. The van der Waals surface area contributed by atoms with E-state index in [9.17, 15) is 9.59 Å². The summed E-state index contributed by atoms with van der Waals surface area (Å²) in [7, 11) is 0. The Kier molecular flexibility index (Phi) is 6.44. The van der Waals surface area contributed by atoms with Crippen LogP contribution in [0.25, 0.3) is 6.08 Å². The quantitative estimate of drug-likeness (QED) is 0.694. The van der Waals surface area contributed by atoms with Crippen LogP contribution in [0.5, 0.6) is 0 Å². The SMILES string of the molecule is Cl.Nc1ncc(C=CC(=O)O)cc1CCC(=O)O. The van der Waals surface area contributed by atoms with Gasteiger partial charge in [0.15, 0.2) is 0 Å². The number of aromatic nitrogens is 1. The molecule has 0 bridgehead atoms. The summed E-state index contributed by atoms with van der Waals surface area (Å²) >= 11 is 0. The van der Waals surface area contributed by atoms with Gasteiger partial charge in [-0.05, 0) is 29.7 Å². The van der Waals surface area contributed by atoms with E-state index in [1.807, 2.05) is 0 Å². The summed E-state index contributed by atoms with van der Waals surface area (Å²) < 4.78 is 0. The number of halogens is 1. The highest BCUT2D eigenvalue weighted by atomic mass is 35.5. The van der Waals surface area contributed by atoms with Gasteiger partial charge in [-0.2, -0.15) is 0 Å². The Labute approximate surface area is 110 Å². The van der Waals surface area contributed by atoms with E-state index in [0.29, 0.717) is 11.1 Å². The first-order valence-electron chi connectivity index (χ1n) is 4.86. The maximum absolute atomic E-state index is 10.4. The van der Waals surface area contributed by atoms with Crippen molar-refractivity contribution < 1.29 is 19.8 Å². The van der Waals surface area contributed by atoms with Gasteiger partial charge in [0.1, 0.15) is 5.82 Å². The van der Waals surface area contributed by atoms with Crippen molar-refractivity contribution in [1.82, 2.24) is 4.98 Å². The number of hydrogen-bond donors (Lipinski definition) is 3. The highest BCUT2D eigenvalue weighted by Crippen LogP contribution is 2.14. The largest absolute Gasteiger partial charge is 0.481 e. The number of nitrogens with two attached hydrogens (primary N) is 1. The predicted molar refractivity (Wildman–Crippen MR) is 68.5 cm³/mol. The maximum atomic E-state index is 10.4. The Balaban J connectivity index is 0.00000289. The van der Waals surface area contributed by atoms with E-state index in [2.05, 4.69) is 4.98 Å².